The summed E-state index contributed by atoms with van der Waals surface area (Å²) in [5.74, 6) is 1.94. The quantitative estimate of drug-likeness (QED) is 0.523. The van der Waals surface area contributed by atoms with E-state index in [-0.39, 0.29) is 11.6 Å². The molecule has 0 saturated carbocycles. The number of rotatable bonds is 4. The molecule has 1 aliphatic heterocycles. The first kappa shape index (κ1) is 18.2. The molecule has 2 heterocycles. The smallest absolute Gasteiger partial charge is 0.269 e. The number of carbonyl (C=O) groups excluding carboxylic acids is 1. The molecule has 4 rings (SSSR count). The van der Waals surface area contributed by atoms with Crippen LogP contribution < -0.4 is 5.32 Å². The lowest BCUT2D eigenvalue weighted by Gasteiger charge is -2.12. The van der Waals surface area contributed by atoms with Crippen molar-refractivity contribution in [3.8, 4) is 5.69 Å². The lowest BCUT2D eigenvalue weighted by Crippen LogP contribution is -2.16. The summed E-state index contributed by atoms with van der Waals surface area (Å²) < 4.78 is 1.79. The molecule has 8 heteroatoms. The Balaban J connectivity index is 1.71. The van der Waals surface area contributed by atoms with Crippen molar-refractivity contribution in [2.24, 2.45) is 0 Å². The average molecular weight is 394 g/mol. The third-order valence-electron chi connectivity index (χ3n) is 4.58. The second-order valence-electron chi connectivity index (χ2n) is 6.78. The van der Waals surface area contributed by atoms with Crippen molar-refractivity contribution in [3.63, 3.8) is 0 Å². The van der Waals surface area contributed by atoms with E-state index in [1.807, 2.05) is 26.0 Å². The van der Waals surface area contributed by atoms with E-state index < -0.39 is 4.92 Å². The number of aryl methyl sites for hydroxylation is 2. The van der Waals surface area contributed by atoms with Gasteiger partial charge in [-0.25, -0.2) is 4.68 Å². The van der Waals surface area contributed by atoms with Crippen LogP contribution in [-0.4, -0.2) is 20.6 Å². The number of hydrogen-bond acceptors (Lipinski definition) is 5. The minimum atomic E-state index is -0.485. The van der Waals surface area contributed by atoms with Crippen molar-refractivity contribution in [2.45, 2.75) is 25.4 Å². The van der Waals surface area contributed by atoms with E-state index in [9.17, 15) is 14.9 Å². The number of fused-ring (bicyclic) bond motifs is 1. The maximum Gasteiger partial charge on any atom is 0.269 e. The van der Waals surface area contributed by atoms with Gasteiger partial charge in [0.1, 0.15) is 5.82 Å². The van der Waals surface area contributed by atoms with Crippen LogP contribution >= 0.6 is 11.8 Å². The van der Waals surface area contributed by atoms with Gasteiger partial charge in [-0.05, 0) is 49.2 Å². The zero-order valence-corrected chi connectivity index (χ0v) is 16.2. The Bertz CT molecular complexity index is 1070. The Morgan fingerprint density at radius 3 is 2.46 bits per heavy atom. The van der Waals surface area contributed by atoms with Gasteiger partial charge in [0.2, 0.25) is 0 Å². The number of aromatic nitrogens is 2. The van der Waals surface area contributed by atoms with Gasteiger partial charge < -0.3 is 5.32 Å². The van der Waals surface area contributed by atoms with E-state index in [0.29, 0.717) is 11.4 Å². The maximum absolute atomic E-state index is 12.8. The number of hydrogen-bond donors (Lipinski definition) is 1. The van der Waals surface area contributed by atoms with Crippen LogP contribution in [0, 0.1) is 24.0 Å². The Morgan fingerprint density at radius 1 is 1.14 bits per heavy atom. The standard InChI is InChI=1S/C20H18N4O3S/c1-12-7-13(2)9-16(8-12)23-19(17-10-28-11-18(17)22-23)21-20(25)14-3-5-15(6-4-14)24(26)27/h3-9H,10-11H2,1-2H3,(H,21,25). The van der Waals surface area contributed by atoms with Crippen molar-refractivity contribution in [1.82, 2.24) is 9.78 Å². The first-order valence-electron chi connectivity index (χ1n) is 8.75. The second kappa shape index (κ2) is 7.12. The Morgan fingerprint density at radius 2 is 1.82 bits per heavy atom. The van der Waals surface area contributed by atoms with E-state index >= 15 is 0 Å². The third kappa shape index (κ3) is 3.38. The topological polar surface area (TPSA) is 90.1 Å². The van der Waals surface area contributed by atoms with Gasteiger partial charge in [-0.2, -0.15) is 16.9 Å². The fourth-order valence-electron chi connectivity index (χ4n) is 3.32. The molecule has 0 radical (unpaired) electrons. The molecule has 3 aromatic rings. The van der Waals surface area contributed by atoms with Crippen LogP contribution in [0.3, 0.4) is 0 Å². The molecule has 0 fully saturated rings. The Kier molecular flexibility index (Phi) is 4.64. The molecule has 1 aromatic heterocycles. The lowest BCUT2D eigenvalue weighted by molar-refractivity contribution is -0.384. The van der Waals surface area contributed by atoms with E-state index in [2.05, 4.69) is 11.4 Å². The molecule has 142 valence electrons. The summed E-state index contributed by atoms with van der Waals surface area (Å²) in [6.45, 7) is 4.05. The monoisotopic (exact) mass is 394 g/mol. The zero-order chi connectivity index (χ0) is 19.8. The molecule has 0 unspecified atom stereocenters. The van der Waals surface area contributed by atoms with Gasteiger partial charge in [0.05, 0.1) is 16.3 Å². The van der Waals surface area contributed by atoms with Gasteiger partial charge in [-0.3, -0.25) is 14.9 Å². The minimum absolute atomic E-state index is 0.0471. The first-order chi connectivity index (χ1) is 13.4. The number of amides is 1. The first-order valence-corrected chi connectivity index (χ1v) is 9.91. The van der Waals surface area contributed by atoms with E-state index in [1.54, 1.807) is 16.4 Å². The van der Waals surface area contributed by atoms with Gasteiger partial charge in [0, 0.05) is 34.8 Å². The van der Waals surface area contributed by atoms with Crippen molar-refractivity contribution < 1.29 is 9.72 Å². The number of anilines is 1. The normalized spacial score (nSPS) is 12.6. The summed E-state index contributed by atoms with van der Waals surface area (Å²) in [6, 6.07) is 11.7. The van der Waals surface area contributed by atoms with Crippen molar-refractivity contribution in [1.29, 1.82) is 0 Å². The van der Waals surface area contributed by atoms with Crippen LogP contribution in [0.4, 0.5) is 11.5 Å². The van der Waals surface area contributed by atoms with Gasteiger partial charge >= 0.3 is 0 Å². The fraction of sp³-hybridized carbons (Fsp3) is 0.200. The fourth-order valence-corrected chi connectivity index (χ4v) is 4.35. The van der Waals surface area contributed by atoms with Crippen LogP contribution in [0.2, 0.25) is 0 Å². The molecule has 0 atom stereocenters. The number of nitro groups is 1. The number of thioether (sulfide) groups is 1. The number of nitrogens with zero attached hydrogens (tertiary/aromatic N) is 3. The van der Waals surface area contributed by atoms with Gasteiger partial charge in [0.25, 0.3) is 11.6 Å². The minimum Gasteiger partial charge on any atom is -0.306 e. The van der Waals surface area contributed by atoms with Crippen LogP contribution in [-0.2, 0) is 11.5 Å². The van der Waals surface area contributed by atoms with Crippen molar-refractivity contribution in [2.75, 3.05) is 5.32 Å². The average Bonchev–Trinajstić information content (AvgIpc) is 3.23. The summed E-state index contributed by atoms with van der Waals surface area (Å²) >= 11 is 1.76. The molecular weight excluding hydrogens is 376 g/mol. The highest BCUT2D eigenvalue weighted by atomic mass is 32.2. The third-order valence-corrected chi connectivity index (χ3v) is 5.55. The molecule has 0 saturated heterocycles. The highest BCUT2D eigenvalue weighted by Gasteiger charge is 2.25. The van der Waals surface area contributed by atoms with Crippen LogP contribution in [0.5, 0.6) is 0 Å². The van der Waals surface area contributed by atoms with Gasteiger partial charge in [-0.1, -0.05) is 6.07 Å². The molecule has 28 heavy (non-hydrogen) atoms. The molecule has 1 amide bonds. The van der Waals surface area contributed by atoms with E-state index in [4.69, 9.17) is 5.10 Å². The highest BCUT2D eigenvalue weighted by Crippen LogP contribution is 2.36. The van der Waals surface area contributed by atoms with Crippen molar-refractivity contribution in [3.05, 3.63) is 80.5 Å². The zero-order valence-electron chi connectivity index (χ0n) is 15.4. The molecule has 0 aliphatic carbocycles. The molecule has 0 bridgehead atoms. The number of non-ortho nitro benzene ring substituents is 1. The molecule has 2 aromatic carbocycles. The van der Waals surface area contributed by atoms with Crippen LogP contribution in [0.25, 0.3) is 5.69 Å². The maximum atomic E-state index is 12.8. The predicted octanol–water partition coefficient (Wildman–Crippen LogP) is 4.40. The summed E-state index contributed by atoms with van der Waals surface area (Å²) in [6.07, 6.45) is 0. The van der Waals surface area contributed by atoms with Gasteiger partial charge in [0.15, 0.2) is 0 Å². The van der Waals surface area contributed by atoms with E-state index in [0.717, 1.165) is 39.6 Å². The molecular formula is C20H18N4O3S. The summed E-state index contributed by atoms with van der Waals surface area (Å²) in [7, 11) is 0. The number of nitro benzene ring substituents is 1. The number of benzene rings is 2. The predicted molar refractivity (Wildman–Crippen MR) is 109 cm³/mol. The largest absolute Gasteiger partial charge is 0.306 e. The summed E-state index contributed by atoms with van der Waals surface area (Å²) in [5, 5.41) is 18.5. The molecule has 1 N–H and O–H groups in total. The van der Waals surface area contributed by atoms with Crippen LogP contribution in [0.15, 0.2) is 42.5 Å². The summed E-state index contributed by atoms with van der Waals surface area (Å²) in [4.78, 5) is 23.1. The number of carbonyl (C=O) groups is 1. The molecule has 0 spiro atoms. The highest BCUT2D eigenvalue weighted by molar-refractivity contribution is 7.98. The lowest BCUT2D eigenvalue weighted by atomic mass is 10.1. The van der Waals surface area contributed by atoms with Gasteiger partial charge in [-0.15, -0.1) is 0 Å². The summed E-state index contributed by atoms with van der Waals surface area (Å²) in [5.41, 5.74) is 5.45. The van der Waals surface area contributed by atoms with Crippen LogP contribution in [0.1, 0.15) is 32.7 Å². The molecule has 7 nitrogen and oxygen atoms in total. The Hall–Kier alpha value is -3.13. The number of nitrogens with one attached hydrogen (secondary N) is 1. The second-order valence-corrected chi connectivity index (χ2v) is 7.77. The SMILES string of the molecule is Cc1cc(C)cc(-n2nc3c(c2NC(=O)c2ccc([N+](=O)[O-])cc2)CSC3)c1. The van der Waals surface area contributed by atoms with E-state index in [1.165, 1.54) is 24.3 Å². The van der Waals surface area contributed by atoms with Crippen molar-refractivity contribution >= 4 is 29.2 Å². The Labute approximate surface area is 165 Å². The molecule has 1 aliphatic rings.